The van der Waals surface area contributed by atoms with Crippen LogP contribution in [0.5, 0.6) is 0 Å². The molecule has 0 aliphatic carbocycles. The molecule has 0 radical (unpaired) electrons. The van der Waals surface area contributed by atoms with Crippen molar-refractivity contribution < 1.29 is 14.9 Å². The maximum Gasteiger partial charge on any atom is 0.0923 e. The van der Waals surface area contributed by atoms with Crippen LogP contribution in [-0.4, -0.2) is 35.1 Å². The van der Waals surface area contributed by atoms with Gasteiger partial charge in [0.2, 0.25) is 0 Å². The monoisotopic (exact) mass is 174 g/mol. The highest BCUT2D eigenvalue weighted by molar-refractivity contribution is 4.84. The topological polar surface area (TPSA) is 49.7 Å². The molecule has 1 aliphatic heterocycles. The first-order valence-electron chi connectivity index (χ1n) is 4.65. The fourth-order valence-corrected chi connectivity index (χ4v) is 1.65. The van der Waals surface area contributed by atoms with E-state index in [4.69, 9.17) is 9.84 Å². The summed E-state index contributed by atoms with van der Waals surface area (Å²) in [4.78, 5) is 0. The Morgan fingerprint density at radius 3 is 2.92 bits per heavy atom. The van der Waals surface area contributed by atoms with Crippen LogP contribution in [0.1, 0.15) is 32.6 Å². The number of hydrogen-bond donors (Lipinski definition) is 2. The van der Waals surface area contributed by atoms with Crippen LogP contribution in [0.2, 0.25) is 0 Å². The van der Waals surface area contributed by atoms with E-state index >= 15 is 0 Å². The number of aliphatic hydroxyl groups is 2. The molecular formula is C9H18O3. The molecule has 2 unspecified atom stereocenters. The van der Waals surface area contributed by atoms with Gasteiger partial charge in [0.1, 0.15) is 0 Å². The van der Waals surface area contributed by atoms with E-state index in [2.05, 4.69) is 6.92 Å². The predicted molar refractivity (Wildman–Crippen MR) is 45.9 cm³/mol. The molecule has 72 valence electrons. The molecule has 1 rings (SSSR count). The average molecular weight is 174 g/mol. The van der Waals surface area contributed by atoms with E-state index in [1.807, 2.05) is 0 Å². The van der Waals surface area contributed by atoms with Gasteiger partial charge in [-0.15, -0.1) is 0 Å². The van der Waals surface area contributed by atoms with E-state index < -0.39 is 5.60 Å². The van der Waals surface area contributed by atoms with Crippen LogP contribution in [0.3, 0.4) is 0 Å². The summed E-state index contributed by atoms with van der Waals surface area (Å²) in [6.45, 7) is 2.52. The van der Waals surface area contributed by atoms with Crippen molar-refractivity contribution in [3.05, 3.63) is 0 Å². The Morgan fingerprint density at radius 2 is 2.33 bits per heavy atom. The van der Waals surface area contributed by atoms with Gasteiger partial charge in [-0.2, -0.15) is 0 Å². The lowest BCUT2D eigenvalue weighted by molar-refractivity contribution is -0.125. The summed E-state index contributed by atoms with van der Waals surface area (Å²) in [5.41, 5.74) is -0.877. The van der Waals surface area contributed by atoms with Gasteiger partial charge >= 0.3 is 0 Å². The SMILES string of the molecule is CCCC1CC(O)(CO)CCO1. The molecule has 2 N–H and O–H groups in total. The van der Waals surface area contributed by atoms with E-state index in [-0.39, 0.29) is 12.7 Å². The lowest BCUT2D eigenvalue weighted by Gasteiger charge is -2.35. The van der Waals surface area contributed by atoms with Crippen molar-refractivity contribution in [3.8, 4) is 0 Å². The van der Waals surface area contributed by atoms with Gasteiger partial charge in [-0.05, 0) is 6.42 Å². The molecule has 2 atom stereocenters. The van der Waals surface area contributed by atoms with Gasteiger partial charge in [-0.1, -0.05) is 13.3 Å². The van der Waals surface area contributed by atoms with Gasteiger partial charge in [0.25, 0.3) is 0 Å². The molecule has 0 bridgehead atoms. The molecule has 0 amide bonds. The first-order chi connectivity index (χ1) is 5.70. The van der Waals surface area contributed by atoms with Gasteiger partial charge in [-0.25, -0.2) is 0 Å². The molecule has 3 nitrogen and oxygen atoms in total. The lowest BCUT2D eigenvalue weighted by Crippen LogP contribution is -2.43. The molecule has 1 heterocycles. The molecule has 1 aliphatic rings. The maximum absolute atomic E-state index is 9.75. The van der Waals surface area contributed by atoms with E-state index in [0.29, 0.717) is 19.4 Å². The zero-order valence-electron chi connectivity index (χ0n) is 7.62. The largest absolute Gasteiger partial charge is 0.393 e. The lowest BCUT2D eigenvalue weighted by atomic mass is 9.90. The minimum atomic E-state index is -0.877. The standard InChI is InChI=1S/C9H18O3/c1-2-3-8-6-9(11,7-10)4-5-12-8/h8,10-11H,2-7H2,1H3. The zero-order chi connectivity index (χ0) is 9.03. The fraction of sp³-hybridized carbons (Fsp3) is 1.00. The van der Waals surface area contributed by atoms with Crippen LogP contribution >= 0.6 is 0 Å². The van der Waals surface area contributed by atoms with E-state index in [9.17, 15) is 5.11 Å². The number of aliphatic hydroxyl groups excluding tert-OH is 1. The molecule has 3 heteroatoms. The van der Waals surface area contributed by atoms with Crippen LogP contribution in [0.15, 0.2) is 0 Å². The minimum absolute atomic E-state index is 0.140. The molecule has 12 heavy (non-hydrogen) atoms. The second kappa shape index (κ2) is 4.21. The normalized spacial score (nSPS) is 36.8. The Morgan fingerprint density at radius 1 is 1.58 bits per heavy atom. The van der Waals surface area contributed by atoms with Crippen LogP contribution in [0, 0.1) is 0 Å². The molecular weight excluding hydrogens is 156 g/mol. The zero-order valence-corrected chi connectivity index (χ0v) is 7.62. The summed E-state index contributed by atoms with van der Waals surface area (Å²) in [6.07, 6.45) is 3.32. The Hall–Kier alpha value is -0.120. The smallest absolute Gasteiger partial charge is 0.0923 e. The van der Waals surface area contributed by atoms with Gasteiger partial charge in [0.05, 0.1) is 18.3 Å². The summed E-state index contributed by atoms with van der Waals surface area (Å²) in [5, 5.41) is 18.7. The van der Waals surface area contributed by atoms with Crippen molar-refractivity contribution in [3.63, 3.8) is 0 Å². The Bertz CT molecular complexity index is 136. The molecule has 0 spiro atoms. The third-order valence-electron chi connectivity index (χ3n) is 2.43. The number of rotatable bonds is 3. The highest BCUT2D eigenvalue weighted by Crippen LogP contribution is 2.26. The second-order valence-corrected chi connectivity index (χ2v) is 3.62. The Balaban J connectivity index is 2.39. The molecule has 0 aromatic heterocycles. The third-order valence-corrected chi connectivity index (χ3v) is 2.43. The van der Waals surface area contributed by atoms with Crippen LogP contribution in [0.25, 0.3) is 0 Å². The first-order valence-corrected chi connectivity index (χ1v) is 4.65. The Kier molecular flexibility index (Phi) is 3.50. The second-order valence-electron chi connectivity index (χ2n) is 3.62. The third kappa shape index (κ3) is 2.44. The van der Waals surface area contributed by atoms with Crippen molar-refractivity contribution in [2.24, 2.45) is 0 Å². The number of ether oxygens (including phenoxy) is 1. The van der Waals surface area contributed by atoms with Gasteiger partial charge in [-0.3, -0.25) is 0 Å². The number of hydrogen-bond acceptors (Lipinski definition) is 3. The van der Waals surface area contributed by atoms with Gasteiger partial charge < -0.3 is 14.9 Å². The van der Waals surface area contributed by atoms with E-state index in [1.54, 1.807) is 0 Å². The fourth-order valence-electron chi connectivity index (χ4n) is 1.65. The maximum atomic E-state index is 9.75. The van der Waals surface area contributed by atoms with Gasteiger partial charge in [0, 0.05) is 19.4 Å². The highest BCUT2D eigenvalue weighted by Gasteiger charge is 2.33. The van der Waals surface area contributed by atoms with Crippen LogP contribution in [0.4, 0.5) is 0 Å². The molecule has 0 aromatic rings. The minimum Gasteiger partial charge on any atom is -0.393 e. The van der Waals surface area contributed by atoms with Crippen molar-refractivity contribution in [2.45, 2.75) is 44.3 Å². The van der Waals surface area contributed by atoms with Crippen molar-refractivity contribution in [1.82, 2.24) is 0 Å². The average Bonchev–Trinajstić information content (AvgIpc) is 2.05. The van der Waals surface area contributed by atoms with E-state index in [0.717, 1.165) is 12.8 Å². The summed E-state index contributed by atoms with van der Waals surface area (Å²) in [7, 11) is 0. The van der Waals surface area contributed by atoms with Crippen LogP contribution < -0.4 is 0 Å². The van der Waals surface area contributed by atoms with Crippen molar-refractivity contribution in [1.29, 1.82) is 0 Å². The molecule has 1 saturated heterocycles. The van der Waals surface area contributed by atoms with E-state index in [1.165, 1.54) is 0 Å². The summed E-state index contributed by atoms with van der Waals surface area (Å²) in [5.74, 6) is 0. The van der Waals surface area contributed by atoms with Crippen molar-refractivity contribution >= 4 is 0 Å². The molecule has 0 saturated carbocycles. The summed E-state index contributed by atoms with van der Waals surface area (Å²) in [6, 6.07) is 0. The van der Waals surface area contributed by atoms with Crippen molar-refractivity contribution in [2.75, 3.05) is 13.2 Å². The quantitative estimate of drug-likeness (QED) is 0.661. The van der Waals surface area contributed by atoms with Crippen LogP contribution in [-0.2, 0) is 4.74 Å². The first kappa shape index (κ1) is 9.96. The van der Waals surface area contributed by atoms with Gasteiger partial charge in [0.15, 0.2) is 0 Å². The molecule has 0 aromatic carbocycles. The predicted octanol–water partition coefficient (Wildman–Crippen LogP) is 0.689. The highest BCUT2D eigenvalue weighted by atomic mass is 16.5. The molecule has 1 fully saturated rings. The summed E-state index contributed by atoms with van der Waals surface area (Å²) < 4.78 is 5.44. The Labute approximate surface area is 73.4 Å². The summed E-state index contributed by atoms with van der Waals surface area (Å²) >= 11 is 0.